The number of nitrogens with two attached hydrogens (primary N) is 1. The highest BCUT2D eigenvalue weighted by molar-refractivity contribution is 5.81. The van der Waals surface area contributed by atoms with Gasteiger partial charge in [-0.3, -0.25) is 4.57 Å². The second kappa shape index (κ2) is 4.40. The number of anilines is 1. The number of aliphatic hydroxyl groups is 3. The Labute approximate surface area is 113 Å². The number of imidazole rings is 1. The summed E-state index contributed by atoms with van der Waals surface area (Å²) in [6, 6.07) is 0. The van der Waals surface area contributed by atoms with Gasteiger partial charge in [-0.15, -0.1) is 0 Å². The highest BCUT2D eigenvalue weighted by atomic mass is 16.6. The molecule has 20 heavy (non-hydrogen) atoms. The molecule has 0 bridgehead atoms. The first-order valence-corrected chi connectivity index (χ1v) is 5.83. The smallest absolute Gasteiger partial charge is 0.167 e. The van der Waals surface area contributed by atoms with E-state index < -0.39 is 24.5 Å². The number of nitrogens with zero attached hydrogens (tertiary/aromatic N) is 4. The van der Waals surface area contributed by atoms with E-state index in [9.17, 15) is 15.3 Å². The molecule has 1 fully saturated rings. The second-order valence-electron chi connectivity index (χ2n) is 4.50. The summed E-state index contributed by atoms with van der Waals surface area (Å²) in [7, 11) is 0. The Kier molecular flexibility index (Phi) is 2.82. The summed E-state index contributed by atoms with van der Waals surface area (Å²) in [5.41, 5.74) is 6.40. The van der Waals surface area contributed by atoms with Crippen molar-refractivity contribution in [3.63, 3.8) is 0 Å². The van der Waals surface area contributed by atoms with Gasteiger partial charge in [0.1, 0.15) is 35.9 Å². The molecule has 0 aromatic carbocycles. The lowest BCUT2D eigenvalue weighted by molar-refractivity contribution is -0.0338. The highest BCUT2D eigenvalue weighted by Gasteiger charge is 2.45. The average molecular weight is 279 g/mol. The van der Waals surface area contributed by atoms with Crippen molar-refractivity contribution in [1.29, 1.82) is 0 Å². The van der Waals surface area contributed by atoms with E-state index in [1.54, 1.807) is 0 Å². The lowest BCUT2D eigenvalue weighted by Gasteiger charge is -2.16. The minimum atomic E-state index is -1.30. The van der Waals surface area contributed by atoms with Crippen LogP contribution in [0, 0.1) is 0 Å². The van der Waals surface area contributed by atoms with Crippen LogP contribution in [0.15, 0.2) is 25.0 Å². The van der Waals surface area contributed by atoms with Gasteiger partial charge in [0.05, 0.1) is 6.33 Å². The third kappa shape index (κ3) is 1.72. The van der Waals surface area contributed by atoms with Gasteiger partial charge in [-0.1, -0.05) is 6.58 Å². The van der Waals surface area contributed by atoms with Gasteiger partial charge in [-0.2, -0.15) is 0 Å². The van der Waals surface area contributed by atoms with Gasteiger partial charge in [-0.25, -0.2) is 15.0 Å². The Hall–Kier alpha value is -2.23. The molecule has 5 N–H and O–H groups in total. The van der Waals surface area contributed by atoms with Gasteiger partial charge in [0.15, 0.2) is 17.7 Å². The molecular weight excluding hydrogens is 266 g/mol. The number of ether oxygens (including phenoxy) is 1. The van der Waals surface area contributed by atoms with Crippen LogP contribution < -0.4 is 5.73 Å². The van der Waals surface area contributed by atoms with Gasteiger partial charge in [0.25, 0.3) is 0 Å². The molecule has 106 valence electrons. The van der Waals surface area contributed by atoms with Gasteiger partial charge < -0.3 is 25.8 Å². The number of hydrogen-bond acceptors (Lipinski definition) is 8. The molecule has 2 aromatic rings. The molecule has 1 aliphatic heterocycles. The van der Waals surface area contributed by atoms with Crippen molar-refractivity contribution in [3.8, 4) is 0 Å². The van der Waals surface area contributed by atoms with Crippen LogP contribution in [0.25, 0.3) is 11.2 Å². The van der Waals surface area contributed by atoms with Crippen LogP contribution in [0.5, 0.6) is 0 Å². The maximum Gasteiger partial charge on any atom is 0.167 e. The third-order valence-electron chi connectivity index (χ3n) is 3.23. The molecule has 0 saturated carbocycles. The summed E-state index contributed by atoms with van der Waals surface area (Å²) in [6.45, 7) is 3.30. The Bertz CT molecular complexity index is 672. The van der Waals surface area contributed by atoms with Crippen molar-refractivity contribution < 1.29 is 20.1 Å². The van der Waals surface area contributed by atoms with Crippen molar-refractivity contribution >= 4 is 17.0 Å². The molecule has 1 aliphatic rings. The zero-order valence-corrected chi connectivity index (χ0v) is 10.3. The topological polar surface area (TPSA) is 140 Å². The summed E-state index contributed by atoms with van der Waals surface area (Å²) in [5.74, 6) is -0.164. The Morgan fingerprint density at radius 3 is 2.70 bits per heavy atom. The van der Waals surface area contributed by atoms with E-state index in [2.05, 4.69) is 21.5 Å². The molecular formula is C11H13N5O4. The number of aromatic nitrogens is 4. The zero-order valence-electron chi connectivity index (χ0n) is 10.3. The quantitative estimate of drug-likeness (QED) is 0.518. The van der Waals surface area contributed by atoms with Crippen LogP contribution in [0.4, 0.5) is 5.82 Å². The average Bonchev–Trinajstić information content (AvgIpc) is 2.94. The number of rotatable bonds is 2. The van der Waals surface area contributed by atoms with Crippen LogP contribution in [0.1, 0.15) is 6.23 Å². The zero-order chi connectivity index (χ0) is 14.4. The van der Waals surface area contributed by atoms with E-state index in [-0.39, 0.29) is 11.6 Å². The summed E-state index contributed by atoms with van der Waals surface area (Å²) in [4.78, 5) is 11.9. The van der Waals surface area contributed by atoms with Crippen LogP contribution in [0.2, 0.25) is 0 Å². The number of aliphatic hydroxyl groups excluding tert-OH is 3. The normalized spacial score (nSPS) is 29.9. The molecule has 3 heterocycles. The molecule has 0 aliphatic carbocycles. The predicted octanol–water partition coefficient (Wildman–Crippen LogP) is -0.901. The van der Waals surface area contributed by atoms with Crippen LogP contribution >= 0.6 is 0 Å². The first-order valence-electron chi connectivity index (χ1n) is 5.83. The number of nitrogen functional groups attached to an aromatic ring is 1. The molecule has 9 heteroatoms. The fourth-order valence-corrected chi connectivity index (χ4v) is 2.22. The fraction of sp³-hybridized carbons (Fsp3) is 0.364. The predicted molar refractivity (Wildman–Crippen MR) is 67.4 cm³/mol. The minimum Gasteiger partial charge on any atom is -0.510 e. The first-order chi connectivity index (χ1) is 9.50. The lowest BCUT2D eigenvalue weighted by atomic mass is 10.1. The standard InChI is InChI=1S/C11H13N5O4/c1-4(17)8-6(18)7(19)11(20-8)16-3-15-5-9(12)13-2-14-10(5)16/h2-3,6-8,11,17-19H,1H2,(H2,12,13,14)/t6-,7+,8+,11+/m0/s1. The summed E-state index contributed by atoms with van der Waals surface area (Å²) in [5, 5.41) is 29.2. The van der Waals surface area contributed by atoms with Crippen LogP contribution in [0.3, 0.4) is 0 Å². The molecule has 0 unspecified atom stereocenters. The van der Waals surface area contributed by atoms with E-state index in [1.165, 1.54) is 17.2 Å². The molecule has 4 atom stereocenters. The van der Waals surface area contributed by atoms with Gasteiger partial charge in [0, 0.05) is 0 Å². The van der Waals surface area contributed by atoms with E-state index in [0.29, 0.717) is 11.2 Å². The fourth-order valence-electron chi connectivity index (χ4n) is 2.22. The maximum atomic E-state index is 10.0. The third-order valence-corrected chi connectivity index (χ3v) is 3.23. The van der Waals surface area contributed by atoms with Crippen molar-refractivity contribution in [2.45, 2.75) is 24.5 Å². The van der Waals surface area contributed by atoms with E-state index >= 15 is 0 Å². The van der Waals surface area contributed by atoms with Gasteiger partial charge in [0.2, 0.25) is 0 Å². The molecule has 0 spiro atoms. The van der Waals surface area contributed by atoms with Crippen molar-refractivity contribution in [2.75, 3.05) is 5.73 Å². The summed E-state index contributed by atoms with van der Waals surface area (Å²) >= 11 is 0. The highest BCUT2D eigenvalue weighted by Crippen LogP contribution is 2.33. The molecule has 0 amide bonds. The lowest BCUT2D eigenvalue weighted by Crippen LogP contribution is -2.32. The SMILES string of the molecule is C=C(O)[C@H]1O[C@@H](n2cnc3c(N)ncnc32)[C@H](O)[C@@H]1O. The van der Waals surface area contributed by atoms with Crippen LogP contribution in [-0.2, 0) is 4.74 Å². The minimum absolute atomic E-state index is 0.199. The molecule has 0 radical (unpaired) electrons. The van der Waals surface area contributed by atoms with E-state index in [1.807, 2.05) is 0 Å². The largest absolute Gasteiger partial charge is 0.510 e. The molecule has 1 saturated heterocycles. The maximum absolute atomic E-state index is 10.0. The van der Waals surface area contributed by atoms with Crippen LogP contribution in [-0.4, -0.2) is 53.2 Å². The molecule has 3 rings (SSSR count). The number of fused-ring (bicyclic) bond motifs is 1. The van der Waals surface area contributed by atoms with E-state index in [4.69, 9.17) is 10.5 Å². The van der Waals surface area contributed by atoms with Gasteiger partial charge >= 0.3 is 0 Å². The van der Waals surface area contributed by atoms with Crippen molar-refractivity contribution in [3.05, 3.63) is 25.0 Å². The van der Waals surface area contributed by atoms with Crippen molar-refractivity contribution in [1.82, 2.24) is 19.5 Å². The Morgan fingerprint density at radius 1 is 1.30 bits per heavy atom. The Balaban J connectivity index is 2.04. The molecule has 2 aromatic heterocycles. The molecule has 9 nitrogen and oxygen atoms in total. The first kappa shape index (κ1) is 12.8. The monoisotopic (exact) mass is 279 g/mol. The summed E-state index contributed by atoms with van der Waals surface area (Å²) in [6.07, 6.45) is -1.97. The van der Waals surface area contributed by atoms with E-state index in [0.717, 1.165) is 0 Å². The van der Waals surface area contributed by atoms with Crippen molar-refractivity contribution in [2.24, 2.45) is 0 Å². The Morgan fingerprint density at radius 2 is 2.05 bits per heavy atom. The second-order valence-corrected chi connectivity index (χ2v) is 4.50. The number of hydrogen-bond donors (Lipinski definition) is 4. The summed E-state index contributed by atoms with van der Waals surface area (Å²) < 4.78 is 6.83. The van der Waals surface area contributed by atoms with Gasteiger partial charge in [-0.05, 0) is 0 Å².